The number of amides is 1. The van der Waals surface area contributed by atoms with E-state index in [1.54, 1.807) is 10.4 Å². The number of benzene rings is 2. The van der Waals surface area contributed by atoms with Crippen molar-refractivity contribution in [3.05, 3.63) is 63.9 Å². The van der Waals surface area contributed by atoms with Gasteiger partial charge in [0.2, 0.25) is 15.6 Å². The number of fused-ring (bicyclic) bond motifs is 1. The summed E-state index contributed by atoms with van der Waals surface area (Å²) < 4.78 is 40.0. The number of ether oxygens (including phenoxy) is 2. The first-order chi connectivity index (χ1) is 18.8. The van der Waals surface area contributed by atoms with Crippen molar-refractivity contribution in [2.24, 2.45) is 0 Å². The zero-order valence-electron chi connectivity index (χ0n) is 22.8. The third kappa shape index (κ3) is 6.45. The van der Waals surface area contributed by atoms with Crippen LogP contribution in [-0.2, 0) is 16.4 Å². The fourth-order valence-corrected chi connectivity index (χ4v) is 6.88. The number of hydrogen-bond donors (Lipinski definition) is 2. The lowest BCUT2D eigenvalue weighted by Gasteiger charge is -2.34. The van der Waals surface area contributed by atoms with E-state index in [0.29, 0.717) is 55.1 Å². The first kappa shape index (κ1) is 28.6. The van der Waals surface area contributed by atoms with E-state index in [0.717, 1.165) is 31.2 Å². The van der Waals surface area contributed by atoms with E-state index in [9.17, 15) is 18.0 Å². The van der Waals surface area contributed by atoms with E-state index in [1.807, 2.05) is 39.0 Å². The Labute approximate surface area is 229 Å². The van der Waals surface area contributed by atoms with E-state index in [1.165, 1.54) is 18.2 Å². The van der Waals surface area contributed by atoms with Crippen LogP contribution in [0.25, 0.3) is 10.9 Å². The lowest BCUT2D eigenvalue weighted by Crippen LogP contribution is -2.43. The van der Waals surface area contributed by atoms with Crippen LogP contribution in [0.15, 0.2) is 52.2 Å². The molecule has 210 valence electrons. The molecule has 2 N–H and O–H groups in total. The highest BCUT2D eigenvalue weighted by atomic mass is 32.2. The second-order valence-electron chi connectivity index (χ2n) is 9.58. The molecule has 0 aliphatic carbocycles. The molecular formula is C29H37N3O6S. The van der Waals surface area contributed by atoms with Crippen LogP contribution in [0.4, 0.5) is 0 Å². The third-order valence-electron chi connectivity index (χ3n) is 7.02. The molecule has 0 saturated carbocycles. The van der Waals surface area contributed by atoms with Gasteiger partial charge in [0, 0.05) is 36.1 Å². The molecular weight excluding hydrogens is 518 g/mol. The molecule has 1 aliphatic rings. The minimum Gasteiger partial charge on any atom is -0.490 e. The standard InChI is InChI=1S/C29H37N3O6S/c1-4-21-9-7-8-16-32(21)39(35,36)22-11-12-25-23(18-22)24(19-28(33)31-25)29(34)30-15-14-20-10-13-26(37-5-2)27(17-20)38-6-3/h10-13,17-19,21H,4-9,14-16H2,1-3H3,(H,30,34)(H,31,33). The highest BCUT2D eigenvalue weighted by molar-refractivity contribution is 7.89. The quantitative estimate of drug-likeness (QED) is 0.365. The van der Waals surface area contributed by atoms with Gasteiger partial charge in [0.05, 0.1) is 23.7 Å². The molecule has 0 spiro atoms. The number of carbonyl (C=O) groups is 1. The van der Waals surface area contributed by atoms with Gasteiger partial charge in [-0.15, -0.1) is 0 Å². The Hall–Kier alpha value is -3.37. The van der Waals surface area contributed by atoms with Crippen molar-refractivity contribution in [1.82, 2.24) is 14.6 Å². The number of rotatable bonds is 11. The Morgan fingerprint density at radius 2 is 1.79 bits per heavy atom. The van der Waals surface area contributed by atoms with Crippen LogP contribution < -0.4 is 20.3 Å². The summed E-state index contributed by atoms with van der Waals surface area (Å²) in [6, 6.07) is 11.4. The van der Waals surface area contributed by atoms with Gasteiger partial charge in [-0.1, -0.05) is 19.4 Å². The summed E-state index contributed by atoms with van der Waals surface area (Å²) in [5, 5.41) is 3.26. The number of aromatic nitrogens is 1. The fraction of sp³-hybridized carbons (Fsp3) is 0.448. The Kier molecular flexibility index (Phi) is 9.29. The predicted octanol–water partition coefficient (Wildman–Crippen LogP) is 4.25. The minimum absolute atomic E-state index is 0.0383. The van der Waals surface area contributed by atoms with Crippen molar-refractivity contribution < 1.29 is 22.7 Å². The smallest absolute Gasteiger partial charge is 0.252 e. The van der Waals surface area contributed by atoms with Gasteiger partial charge in [0.1, 0.15) is 0 Å². The maximum atomic E-state index is 13.6. The maximum absolute atomic E-state index is 13.6. The van der Waals surface area contributed by atoms with Crippen molar-refractivity contribution >= 4 is 26.8 Å². The summed E-state index contributed by atoms with van der Waals surface area (Å²) in [7, 11) is -3.75. The molecule has 1 atom stereocenters. The number of piperidine rings is 1. The van der Waals surface area contributed by atoms with Crippen LogP contribution in [-0.4, -0.2) is 56.0 Å². The van der Waals surface area contributed by atoms with Crippen molar-refractivity contribution in [2.75, 3.05) is 26.3 Å². The Morgan fingerprint density at radius 1 is 1.03 bits per heavy atom. The second-order valence-corrected chi connectivity index (χ2v) is 11.5. The van der Waals surface area contributed by atoms with Crippen LogP contribution >= 0.6 is 0 Å². The minimum atomic E-state index is -3.75. The SMILES string of the molecule is CCOc1ccc(CCNC(=O)c2cc(=O)[nH]c3ccc(S(=O)(=O)N4CCCCC4CC)cc23)cc1OCC. The molecule has 4 rings (SSSR count). The number of nitrogens with one attached hydrogen (secondary N) is 2. The highest BCUT2D eigenvalue weighted by Gasteiger charge is 2.32. The molecule has 1 saturated heterocycles. The first-order valence-electron chi connectivity index (χ1n) is 13.6. The zero-order chi connectivity index (χ0) is 28.0. The van der Waals surface area contributed by atoms with Crippen molar-refractivity contribution in [1.29, 1.82) is 0 Å². The molecule has 1 unspecified atom stereocenters. The summed E-state index contributed by atoms with van der Waals surface area (Å²) in [5.41, 5.74) is 1.07. The molecule has 1 aromatic heterocycles. The van der Waals surface area contributed by atoms with Gasteiger partial charge in [-0.05, 0) is 75.4 Å². The number of aromatic amines is 1. The number of sulfonamides is 1. The molecule has 1 amide bonds. The maximum Gasteiger partial charge on any atom is 0.252 e. The number of nitrogens with zero attached hydrogens (tertiary/aromatic N) is 1. The van der Waals surface area contributed by atoms with Crippen molar-refractivity contribution in [2.45, 2.75) is 63.8 Å². The number of H-pyrrole nitrogens is 1. The van der Waals surface area contributed by atoms with E-state index < -0.39 is 21.5 Å². The topological polar surface area (TPSA) is 118 Å². The van der Waals surface area contributed by atoms with Gasteiger partial charge < -0.3 is 19.8 Å². The monoisotopic (exact) mass is 555 g/mol. The molecule has 1 aliphatic heterocycles. The van der Waals surface area contributed by atoms with Gasteiger partial charge >= 0.3 is 0 Å². The molecule has 0 radical (unpaired) electrons. The van der Waals surface area contributed by atoms with E-state index in [2.05, 4.69) is 10.3 Å². The zero-order valence-corrected chi connectivity index (χ0v) is 23.6. The fourth-order valence-electron chi connectivity index (χ4n) is 5.08. The number of hydrogen-bond acceptors (Lipinski definition) is 6. The Bertz CT molecular complexity index is 1480. The van der Waals surface area contributed by atoms with E-state index >= 15 is 0 Å². The third-order valence-corrected chi connectivity index (χ3v) is 8.96. The summed E-state index contributed by atoms with van der Waals surface area (Å²) in [6.07, 6.45) is 3.95. The Morgan fingerprint density at radius 3 is 2.54 bits per heavy atom. The lowest BCUT2D eigenvalue weighted by atomic mass is 10.0. The van der Waals surface area contributed by atoms with E-state index in [-0.39, 0.29) is 16.5 Å². The summed E-state index contributed by atoms with van der Waals surface area (Å²) in [6.45, 7) is 7.64. The summed E-state index contributed by atoms with van der Waals surface area (Å²) >= 11 is 0. The van der Waals surface area contributed by atoms with Crippen LogP contribution in [0, 0.1) is 0 Å². The van der Waals surface area contributed by atoms with E-state index in [4.69, 9.17) is 9.47 Å². The van der Waals surface area contributed by atoms with Crippen LogP contribution in [0.1, 0.15) is 62.4 Å². The molecule has 10 heteroatoms. The molecule has 39 heavy (non-hydrogen) atoms. The summed E-state index contributed by atoms with van der Waals surface area (Å²) in [4.78, 5) is 28.3. The molecule has 2 aromatic carbocycles. The van der Waals surface area contributed by atoms with Crippen LogP contribution in [0.2, 0.25) is 0 Å². The highest BCUT2D eigenvalue weighted by Crippen LogP contribution is 2.30. The molecule has 0 bridgehead atoms. The Balaban J connectivity index is 1.56. The van der Waals surface area contributed by atoms with Crippen molar-refractivity contribution in [3.63, 3.8) is 0 Å². The molecule has 3 aromatic rings. The van der Waals surface area contributed by atoms with Crippen LogP contribution in [0.3, 0.4) is 0 Å². The van der Waals surface area contributed by atoms with Gasteiger partial charge in [-0.3, -0.25) is 9.59 Å². The van der Waals surface area contributed by atoms with Gasteiger partial charge in [0.15, 0.2) is 11.5 Å². The number of carbonyl (C=O) groups excluding carboxylic acids is 1. The molecule has 9 nitrogen and oxygen atoms in total. The van der Waals surface area contributed by atoms with Gasteiger partial charge in [-0.25, -0.2) is 8.42 Å². The first-order valence-corrected chi connectivity index (χ1v) is 15.1. The van der Waals surface area contributed by atoms with Crippen molar-refractivity contribution in [3.8, 4) is 11.5 Å². The van der Waals surface area contributed by atoms with Gasteiger partial charge in [0.25, 0.3) is 5.91 Å². The second kappa shape index (κ2) is 12.7. The van der Waals surface area contributed by atoms with Gasteiger partial charge in [-0.2, -0.15) is 4.31 Å². The average Bonchev–Trinajstić information content (AvgIpc) is 2.93. The molecule has 1 fully saturated rings. The molecule has 2 heterocycles. The number of pyridine rings is 1. The normalized spacial score (nSPS) is 16.2. The average molecular weight is 556 g/mol. The van der Waals surface area contributed by atoms with Crippen LogP contribution in [0.5, 0.6) is 11.5 Å². The lowest BCUT2D eigenvalue weighted by molar-refractivity contribution is 0.0955. The summed E-state index contributed by atoms with van der Waals surface area (Å²) in [5.74, 6) is 0.875. The largest absolute Gasteiger partial charge is 0.490 e. The predicted molar refractivity (Wildman–Crippen MR) is 151 cm³/mol.